The van der Waals surface area contributed by atoms with E-state index in [1.807, 2.05) is 47.4 Å². The minimum absolute atomic E-state index is 0.175. The Morgan fingerprint density at radius 2 is 1.86 bits per heavy atom. The van der Waals surface area contributed by atoms with Crippen LogP contribution < -0.4 is 10.2 Å². The maximum atomic E-state index is 12.5. The minimum Gasteiger partial charge on any atom is -0.370 e. The van der Waals surface area contributed by atoms with E-state index in [0.29, 0.717) is 18.1 Å². The third-order valence-electron chi connectivity index (χ3n) is 5.37. The van der Waals surface area contributed by atoms with Gasteiger partial charge >= 0.3 is 0 Å². The van der Waals surface area contributed by atoms with Gasteiger partial charge in [0.05, 0.1) is 0 Å². The van der Waals surface area contributed by atoms with Gasteiger partial charge in [-0.2, -0.15) is 0 Å². The zero-order valence-electron chi connectivity index (χ0n) is 16.0. The molecule has 1 aromatic carbocycles. The van der Waals surface area contributed by atoms with E-state index < -0.39 is 0 Å². The van der Waals surface area contributed by atoms with Gasteiger partial charge in [-0.1, -0.05) is 30.3 Å². The third kappa shape index (κ3) is 4.50. The van der Waals surface area contributed by atoms with E-state index in [9.17, 15) is 9.59 Å². The third-order valence-corrected chi connectivity index (χ3v) is 5.37. The summed E-state index contributed by atoms with van der Waals surface area (Å²) in [6, 6.07) is 13.6. The monoisotopic (exact) mass is 378 g/mol. The van der Waals surface area contributed by atoms with Crippen LogP contribution in [-0.2, 0) is 11.3 Å². The zero-order chi connectivity index (χ0) is 19.3. The first-order valence-corrected chi connectivity index (χ1v) is 10.0. The number of carbonyl (C=O) groups is 2. The Kier molecular flexibility index (Phi) is 5.55. The van der Waals surface area contributed by atoms with Crippen LogP contribution in [0.4, 0.5) is 5.69 Å². The number of nitrogens with one attached hydrogen (secondary N) is 1. The highest BCUT2D eigenvalue weighted by atomic mass is 16.2. The number of hydrogen-bond donors (Lipinski definition) is 1. The lowest BCUT2D eigenvalue weighted by molar-refractivity contribution is -0.132. The molecule has 2 heterocycles. The summed E-state index contributed by atoms with van der Waals surface area (Å²) in [6.45, 7) is 3.71. The number of rotatable bonds is 5. The van der Waals surface area contributed by atoms with E-state index in [4.69, 9.17) is 0 Å². The first-order valence-electron chi connectivity index (χ1n) is 10.0. The Labute approximate surface area is 165 Å². The molecule has 146 valence electrons. The molecule has 1 saturated heterocycles. The van der Waals surface area contributed by atoms with Gasteiger partial charge < -0.3 is 15.1 Å². The van der Waals surface area contributed by atoms with Crippen LogP contribution in [0.5, 0.6) is 0 Å². The zero-order valence-corrected chi connectivity index (χ0v) is 16.0. The van der Waals surface area contributed by atoms with Crippen LogP contribution in [0.1, 0.15) is 35.3 Å². The Balaban J connectivity index is 1.37. The largest absolute Gasteiger partial charge is 0.370 e. The number of carbonyl (C=O) groups excluding carboxylic acids is 2. The van der Waals surface area contributed by atoms with Gasteiger partial charge in [0, 0.05) is 50.5 Å². The van der Waals surface area contributed by atoms with Crippen LogP contribution in [0.15, 0.2) is 48.7 Å². The van der Waals surface area contributed by atoms with Gasteiger partial charge in [-0.25, -0.2) is 0 Å². The molecule has 0 bridgehead atoms. The van der Waals surface area contributed by atoms with E-state index in [-0.39, 0.29) is 11.8 Å². The lowest BCUT2D eigenvalue weighted by Crippen LogP contribution is -2.36. The van der Waals surface area contributed by atoms with E-state index in [2.05, 4.69) is 15.2 Å². The number of aromatic nitrogens is 1. The first kappa shape index (κ1) is 18.5. The number of amides is 2. The van der Waals surface area contributed by atoms with Crippen molar-refractivity contribution in [2.24, 2.45) is 5.92 Å². The van der Waals surface area contributed by atoms with Crippen LogP contribution >= 0.6 is 0 Å². The summed E-state index contributed by atoms with van der Waals surface area (Å²) in [5.74, 6) is 0.413. The molecule has 4 rings (SSSR count). The molecule has 0 unspecified atom stereocenters. The van der Waals surface area contributed by atoms with E-state index in [1.54, 1.807) is 6.20 Å². The molecule has 6 nitrogen and oxygen atoms in total. The molecule has 1 N–H and O–H groups in total. The molecule has 2 fully saturated rings. The summed E-state index contributed by atoms with van der Waals surface area (Å²) < 4.78 is 0. The van der Waals surface area contributed by atoms with Crippen molar-refractivity contribution in [2.75, 3.05) is 31.1 Å². The summed E-state index contributed by atoms with van der Waals surface area (Å²) in [6.07, 6.45) is 4.72. The van der Waals surface area contributed by atoms with Crippen molar-refractivity contribution >= 4 is 17.5 Å². The second-order valence-corrected chi connectivity index (χ2v) is 7.51. The number of pyridine rings is 1. The number of anilines is 1. The molecular weight excluding hydrogens is 352 g/mol. The molecule has 2 aromatic rings. The minimum atomic E-state index is -0.175. The molecule has 1 aromatic heterocycles. The molecule has 6 heteroatoms. The predicted octanol–water partition coefficient (Wildman–Crippen LogP) is 2.46. The fourth-order valence-corrected chi connectivity index (χ4v) is 3.59. The predicted molar refractivity (Wildman–Crippen MR) is 108 cm³/mol. The number of benzene rings is 1. The highest BCUT2D eigenvalue weighted by molar-refractivity contribution is 5.93. The fourth-order valence-electron chi connectivity index (χ4n) is 3.59. The average Bonchev–Trinajstić information content (AvgIpc) is 3.59. The lowest BCUT2D eigenvalue weighted by Gasteiger charge is -2.24. The molecule has 1 aliphatic heterocycles. The quantitative estimate of drug-likeness (QED) is 0.868. The van der Waals surface area contributed by atoms with Crippen molar-refractivity contribution in [1.29, 1.82) is 0 Å². The van der Waals surface area contributed by atoms with Crippen LogP contribution in [0.3, 0.4) is 0 Å². The molecule has 28 heavy (non-hydrogen) atoms. The van der Waals surface area contributed by atoms with E-state index in [0.717, 1.165) is 56.7 Å². The Morgan fingerprint density at radius 1 is 1.04 bits per heavy atom. The van der Waals surface area contributed by atoms with Crippen molar-refractivity contribution in [1.82, 2.24) is 15.2 Å². The summed E-state index contributed by atoms with van der Waals surface area (Å²) in [4.78, 5) is 33.3. The van der Waals surface area contributed by atoms with Crippen molar-refractivity contribution in [3.63, 3.8) is 0 Å². The van der Waals surface area contributed by atoms with Gasteiger partial charge in [0.2, 0.25) is 5.91 Å². The maximum Gasteiger partial charge on any atom is 0.270 e. The molecule has 0 atom stereocenters. The van der Waals surface area contributed by atoms with Crippen LogP contribution in [0.25, 0.3) is 0 Å². The molecule has 2 aliphatic rings. The summed E-state index contributed by atoms with van der Waals surface area (Å²) in [7, 11) is 0. The van der Waals surface area contributed by atoms with Gasteiger partial charge in [-0.05, 0) is 37.0 Å². The van der Waals surface area contributed by atoms with Gasteiger partial charge in [0.1, 0.15) is 5.69 Å². The maximum absolute atomic E-state index is 12.5. The van der Waals surface area contributed by atoms with Crippen molar-refractivity contribution in [3.05, 3.63) is 59.9 Å². The average molecular weight is 378 g/mol. The highest BCUT2D eigenvalue weighted by Crippen LogP contribution is 2.31. The van der Waals surface area contributed by atoms with Crippen LogP contribution in [-0.4, -0.2) is 47.9 Å². The number of hydrogen-bond acceptors (Lipinski definition) is 4. The molecule has 1 saturated carbocycles. The van der Waals surface area contributed by atoms with Gasteiger partial charge in [-0.15, -0.1) is 0 Å². The van der Waals surface area contributed by atoms with Crippen molar-refractivity contribution in [3.8, 4) is 0 Å². The van der Waals surface area contributed by atoms with E-state index in [1.165, 1.54) is 0 Å². The smallest absolute Gasteiger partial charge is 0.270 e. The van der Waals surface area contributed by atoms with Gasteiger partial charge in [0.25, 0.3) is 5.91 Å². The first-order chi connectivity index (χ1) is 13.7. The molecular formula is C22H26N4O2. The number of nitrogens with zero attached hydrogens (tertiary/aromatic N) is 3. The molecule has 0 spiro atoms. The van der Waals surface area contributed by atoms with Crippen LogP contribution in [0, 0.1) is 5.92 Å². The Morgan fingerprint density at radius 3 is 2.64 bits per heavy atom. The van der Waals surface area contributed by atoms with Crippen molar-refractivity contribution in [2.45, 2.75) is 25.8 Å². The standard InChI is InChI=1S/C22H26N4O2/c27-21(24-16-17-5-2-1-3-6-17)20-15-19(9-10-23-20)25-11-4-12-26(14-13-25)22(28)18-7-8-18/h1-3,5-6,9-10,15,18H,4,7-8,11-14,16H2,(H,24,27). The highest BCUT2D eigenvalue weighted by Gasteiger charge is 2.33. The van der Waals surface area contributed by atoms with Gasteiger partial charge in [-0.3, -0.25) is 14.6 Å². The SMILES string of the molecule is O=C(NCc1ccccc1)c1cc(N2CCCN(C(=O)C3CC3)CC2)ccn1. The Hall–Kier alpha value is -2.89. The second-order valence-electron chi connectivity index (χ2n) is 7.51. The summed E-state index contributed by atoms with van der Waals surface area (Å²) >= 11 is 0. The fraction of sp³-hybridized carbons (Fsp3) is 0.409. The summed E-state index contributed by atoms with van der Waals surface area (Å²) in [5, 5.41) is 2.93. The van der Waals surface area contributed by atoms with Crippen LogP contribution in [0.2, 0.25) is 0 Å². The van der Waals surface area contributed by atoms with E-state index >= 15 is 0 Å². The topological polar surface area (TPSA) is 65.5 Å². The second kappa shape index (κ2) is 8.42. The molecule has 0 radical (unpaired) electrons. The lowest BCUT2D eigenvalue weighted by atomic mass is 10.2. The summed E-state index contributed by atoms with van der Waals surface area (Å²) in [5.41, 5.74) is 2.46. The Bertz CT molecular complexity index is 835. The van der Waals surface area contributed by atoms with Gasteiger partial charge in [0.15, 0.2) is 0 Å². The molecule has 2 amide bonds. The normalized spacial score (nSPS) is 17.1. The molecule has 1 aliphatic carbocycles. The van der Waals surface area contributed by atoms with Crippen molar-refractivity contribution < 1.29 is 9.59 Å².